The summed E-state index contributed by atoms with van der Waals surface area (Å²) >= 11 is 1.27. The van der Waals surface area contributed by atoms with E-state index in [1.165, 1.54) is 18.4 Å². The molecular formula is C19H22N2O4S. The minimum atomic E-state index is -0.394. The quantitative estimate of drug-likeness (QED) is 0.727. The first kappa shape index (κ1) is 19.7. The van der Waals surface area contributed by atoms with Crippen molar-refractivity contribution in [3.63, 3.8) is 0 Å². The average Bonchev–Trinajstić information content (AvgIpc) is 3.09. The molecule has 0 aliphatic carbocycles. The molecule has 0 unspecified atom stereocenters. The molecule has 0 fully saturated rings. The fourth-order valence-electron chi connectivity index (χ4n) is 2.25. The average molecular weight is 374 g/mol. The molecule has 7 heteroatoms. The molecular weight excluding hydrogens is 352 g/mol. The molecule has 0 radical (unpaired) electrons. The van der Waals surface area contributed by atoms with Crippen LogP contribution in [0.1, 0.15) is 52.5 Å². The van der Waals surface area contributed by atoms with Crippen LogP contribution in [-0.4, -0.2) is 31.4 Å². The van der Waals surface area contributed by atoms with E-state index in [0.29, 0.717) is 22.0 Å². The third kappa shape index (κ3) is 5.16. The highest BCUT2D eigenvalue weighted by Crippen LogP contribution is 2.24. The fraction of sp³-hybridized carbons (Fsp3) is 0.316. The van der Waals surface area contributed by atoms with Crippen molar-refractivity contribution in [2.24, 2.45) is 0 Å². The Kier molecular flexibility index (Phi) is 6.91. The van der Waals surface area contributed by atoms with Gasteiger partial charge in [0.1, 0.15) is 5.00 Å². The van der Waals surface area contributed by atoms with Gasteiger partial charge < -0.3 is 15.4 Å². The molecule has 2 amide bonds. The standard InChI is InChI=1S/C19H22N2O4S/c1-12(2)13-4-6-14(7-5-13)17(23)21-19-15(9-11-26-19)18(24)20-10-8-16(22)25-3/h4-7,9,11-12H,8,10H2,1-3H3,(H,20,24)(H,21,23). The number of amides is 2. The maximum Gasteiger partial charge on any atom is 0.307 e. The number of carbonyl (C=O) groups excluding carboxylic acids is 3. The number of benzene rings is 1. The van der Waals surface area contributed by atoms with Crippen LogP contribution < -0.4 is 10.6 Å². The summed E-state index contributed by atoms with van der Waals surface area (Å²) in [5, 5.41) is 7.61. The van der Waals surface area contributed by atoms with Crippen LogP contribution in [0, 0.1) is 0 Å². The van der Waals surface area contributed by atoms with Gasteiger partial charge in [-0.3, -0.25) is 14.4 Å². The van der Waals surface area contributed by atoms with E-state index in [4.69, 9.17) is 0 Å². The number of anilines is 1. The molecule has 0 saturated carbocycles. The predicted octanol–water partition coefficient (Wildman–Crippen LogP) is 3.42. The third-order valence-corrected chi connectivity index (χ3v) is 4.65. The van der Waals surface area contributed by atoms with E-state index < -0.39 is 5.97 Å². The van der Waals surface area contributed by atoms with Gasteiger partial charge in [-0.15, -0.1) is 11.3 Å². The van der Waals surface area contributed by atoms with Crippen LogP contribution >= 0.6 is 11.3 Å². The first-order chi connectivity index (χ1) is 12.4. The first-order valence-electron chi connectivity index (χ1n) is 8.26. The number of nitrogens with one attached hydrogen (secondary N) is 2. The molecule has 1 aromatic heterocycles. The van der Waals surface area contributed by atoms with Crippen molar-refractivity contribution in [1.29, 1.82) is 0 Å². The third-order valence-electron chi connectivity index (χ3n) is 3.82. The molecule has 0 spiro atoms. The Bertz CT molecular complexity index is 781. The van der Waals surface area contributed by atoms with Crippen LogP contribution in [0.2, 0.25) is 0 Å². The van der Waals surface area contributed by atoms with Crippen molar-refractivity contribution >= 4 is 34.1 Å². The SMILES string of the molecule is COC(=O)CCNC(=O)c1ccsc1NC(=O)c1ccc(C(C)C)cc1. The Morgan fingerprint density at radius 2 is 1.77 bits per heavy atom. The van der Waals surface area contributed by atoms with Crippen molar-refractivity contribution in [2.75, 3.05) is 19.0 Å². The normalized spacial score (nSPS) is 10.5. The largest absolute Gasteiger partial charge is 0.469 e. The van der Waals surface area contributed by atoms with Gasteiger partial charge in [0.25, 0.3) is 11.8 Å². The lowest BCUT2D eigenvalue weighted by molar-refractivity contribution is -0.140. The summed E-state index contributed by atoms with van der Waals surface area (Å²) < 4.78 is 4.53. The number of hydrogen-bond donors (Lipinski definition) is 2. The van der Waals surface area contributed by atoms with Gasteiger partial charge in [0, 0.05) is 12.1 Å². The molecule has 0 saturated heterocycles. The Morgan fingerprint density at radius 1 is 1.08 bits per heavy atom. The molecule has 0 bridgehead atoms. The fourth-order valence-corrected chi connectivity index (χ4v) is 3.03. The summed E-state index contributed by atoms with van der Waals surface area (Å²) in [6, 6.07) is 9.03. The predicted molar refractivity (Wildman–Crippen MR) is 102 cm³/mol. The lowest BCUT2D eigenvalue weighted by Gasteiger charge is -2.09. The van der Waals surface area contributed by atoms with Gasteiger partial charge in [0.05, 0.1) is 19.1 Å². The molecule has 1 heterocycles. The van der Waals surface area contributed by atoms with Gasteiger partial charge in [-0.25, -0.2) is 0 Å². The minimum absolute atomic E-state index is 0.0935. The molecule has 26 heavy (non-hydrogen) atoms. The van der Waals surface area contributed by atoms with Gasteiger partial charge in [0.15, 0.2) is 0 Å². The van der Waals surface area contributed by atoms with Crippen LogP contribution in [0.25, 0.3) is 0 Å². The van der Waals surface area contributed by atoms with Crippen LogP contribution in [0.15, 0.2) is 35.7 Å². The topological polar surface area (TPSA) is 84.5 Å². The Labute approximate surface area is 156 Å². The summed E-state index contributed by atoms with van der Waals surface area (Å²) in [5.41, 5.74) is 2.05. The van der Waals surface area contributed by atoms with Gasteiger partial charge >= 0.3 is 5.97 Å². The van der Waals surface area contributed by atoms with E-state index in [2.05, 4.69) is 29.2 Å². The summed E-state index contributed by atoms with van der Waals surface area (Å²) in [7, 11) is 1.30. The van der Waals surface area contributed by atoms with Gasteiger partial charge in [0.2, 0.25) is 0 Å². The molecule has 2 N–H and O–H groups in total. The molecule has 1 aromatic carbocycles. The van der Waals surface area contributed by atoms with Crippen molar-refractivity contribution in [3.8, 4) is 0 Å². The molecule has 0 aliphatic heterocycles. The summed E-state index contributed by atoms with van der Waals surface area (Å²) in [4.78, 5) is 35.7. The van der Waals surface area contributed by atoms with Crippen molar-refractivity contribution < 1.29 is 19.1 Å². The number of thiophene rings is 1. The number of ether oxygens (including phenoxy) is 1. The zero-order chi connectivity index (χ0) is 19.1. The molecule has 0 aliphatic rings. The van der Waals surface area contributed by atoms with Crippen LogP contribution in [0.3, 0.4) is 0 Å². The van der Waals surface area contributed by atoms with Crippen LogP contribution in [-0.2, 0) is 9.53 Å². The molecule has 2 aromatic rings. The monoisotopic (exact) mass is 374 g/mol. The molecule has 0 atom stereocenters. The van der Waals surface area contributed by atoms with Crippen molar-refractivity contribution in [1.82, 2.24) is 5.32 Å². The summed E-state index contributed by atoms with van der Waals surface area (Å²) in [5.74, 6) is -0.620. The molecule has 6 nitrogen and oxygen atoms in total. The molecule has 138 valence electrons. The van der Waals surface area contributed by atoms with Gasteiger partial charge in [-0.05, 0) is 35.1 Å². The zero-order valence-electron chi connectivity index (χ0n) is 15.0. The Morgan fingerprint density at radius 3 is 2.38 bits per heavy atom. The van der Waals surface area contributed by atoms with E-state index in [1.54, 1.807) is 23.6 Å². The highest BCUT2D eigenvalue weighted by Gasteiger charge is 2.16. The number of rotatable bonds is 7. The number of esters is 1. The Hall–Kier alpha value is -2.67. The highest BCUT2D eigenvalue weighted by atomic mass is 32.1. The van der Waals surface area contributed by atoms with Crippen LogP contribution in [0.5, 0.6) is 0 Å². The minimum Gasteiger partial charge on any atom is -0.469 e. The maximum atomic E-state index is 12.4. The second-order valence-electron chi connectivity index (χ2n) is 5.98. The van der Waals surface area contributed by atoms with Crippen molar-refractivity contribution in [2.45, 2.75) is 26.2 Å². The smallest absolute Gasteiger partial charge is 0.307 e. The second kappa shape index (κ2) is 9.15. The zero-order valence-corrected chi connectivity index (χ0v) is 15.8. The molecule has 2 rings (SSSR count). The summed E-state index contributed by atoms with van der Waals surface area (Å²) in [6.45, 7) is 4.35. The Balaban J connectivity index is 2.00. The maximum absolute atomic E-state index is 12.4. The van der Waals surface area contributed by atoms with Gasteiger partial charge in [-0.2, -0.15) is 0 Å². The van der Waals surface area contributed by atoms with E-state index in [9.17, 15) is 14.4 Å². The lowest BCUT2D eigenvalue weighted by atomic mass is 10.0. The lowest BCUT2D eigenvalue weighted by Crippen LogP contribution is -2.27. The van der Waals surface area contributed by atoms with E-state index in [-0.39, 0.29) is 24.8 Å². The number of hydrogen-bond acceptors (Lipinski definition) is 5. The van der Waals surface area contributed by atoms with E-state index in [1.807, 2.05) is 12.1 Å². The van der Waals surface area contributed by atoms with Gasteiger partial charge in [-0.1, -0.05) is 26.0 Å². The number of carbonyl (C=O) groups is 3. The van der Waals surface area contributed by atoms with E-state index in [0.717, 1.165) is 5.56 Å². The second-order valence-corrected chi connectivity index (χ2v) is 6.89. The first-order valence-corrected chi connectivity index (χ1v) is 9.14. The van der Waals surface area contributed by atoms with E-state index >= 15 is 0 Å². The van der Waals surface area contributed by atoms with Crippen molar-refractivity contribution in [3.05, 3.63) is 52.4 Å². The number of methoxy groups -OCH3 is 1. The van der Waals surface area contributed by atoms with Crippen LogP contribution in [0.4, 0.5) is 5.00 Å². The highest BCUT2D eigenvalue weighted by molar-refractivity contribution is 7.14. The summed E-state index contributed by atoms with van der Waals surface area (Å²) in [6.07, 6.45) is 0.0935.